The highest BCUT2D eigenvalue weighted by Crippen LogP contribution is 2.13. The number of hydrogen-bond donors (Lipinski definition) is 1. The van der Waals surface area contributed by atoms with E-state index < -0.39 is 0 Å². The topological polar surface area (TPSA) is 59.5 Å². The summed E-state index contributed by atoms with van der Waals surface area (Å²) >= 11 is 0. The van der Waals surface area contributed by atoms with E-state index in [0.717, 1.165) is 23.5 Å². The Kier molecular flexibility index (Phi) is 3.25. The maximum Gasteiger partial charge on any atom is 0.272 e. The Morgan fingerprint density at radius 2 is 2.25 bits per heavy atom. The van der Waals surface area contributed by atoms with Gasteiger partial charge in [0.1, 0.15) is 11.6 Å². The van der Waals surface area contributed by atoms with E-state index in [1.54, 1.807) is 12.3 Å². The zero-order valence-corrected chi connectivity index (χ0v) is 11.2. The van der Waals surface area contributed by atoms with E-state index in [9.17, 15) is 4.79 Å². The number of nitrogens with zero attached hydrogens (tertiary/aromatic N) is 2. The SMILES string of the molecule is CCc1nc(C(=O)NCc2ccco2)c2ccccn12. The van der Waals surface area contributed by atoms with Crippen molar-refractivity contribution in [3.63, 3.8) is 0 Å². The average Bonchev–Trinajstić information content (AvgIpc) is 3.12. The van der Waals surface area contributed by atoms with Gasteiger partial charge in [-0.15, -0.1) is 0 Å². The van der Waals surface area contributed by atoms with Gasteiger partial charge in [0.05, 0.1) is 18.3 Å². The third-order valence-corrected chi connectivity index (χ3v) is 3.16. The first-order valence-electron chi connectivity index (χ1n) is 6.56. The second-order valence-electron chi connectivity index (χ2n) is 4.45. The molecule has 0 aliphatic heterocycles. The van der Waals surface area contributed by atoms with Crippen LogP contribution < -0.4 is 5.32 Å². The van der Waals surface area contributed by atoms with Crippen molar-refractivity contribution in [2.45, 2.75) is 19.9 Å². The second-order valence-corrected chi connectivity index (χ2v) is 4.45. The van der Waals surface area contributed by atoms with Gasteiger partial charge in [-0.05, 0) is 24.3 Å². The van der Waals surface area contributed by atoms with Gasteiger partial charge in [0.25, 0.3) is 5.91 Å². The predicted octanol–water partition coefficient (Wildman–Crippen LogP) is 2.42. The molecule has 0 saturated carbocycles. The quantitative estimate of drug-likeness (QED) is 0.791. The summed E-state index contributed by atoms with van der Waals surface area (Å²) in [6, 6.07) is 9.35. The van der Waals surface area contributed by atoms with Gasteiger partial charge in [-0.2, -0.15) is 0 Å². The Balaban J connectivity index is 1.87. The third kappa shape index (κ3) is 2.18. The zero-order chi connectivity index (χ0) is 13.9. The second kappa shape index (κ2) is 5.21. The molecule has 0 aliphatic rings. The fraction of sp³-hybridized carbons (Fsp3) is 0.200. The van der Waals surface area contributed by atoms with Crippen LogP contribution in [0.15, 0.2) is 47.2 Å². The molecule has 1 N–H and O–H groups in total. The molecule has 0 aromatic carbocycles. The zero-order valence-electron chi connectivity index (χ0n) is 11.2. The summed E-state index contributed by atoms with van der Waals surface area (Å²) in [5.41, 5.74) is 1.27. The summed E-state index contributed by atoms with van der Waals surface area (Å²) in [5.74, 6) is 1.41. The number of amides is 1. The number of nitrogens with one attached hydrogen (secondary N) is 1. The van der Waals surface area contributed by atoms with Crippen LogP contribution in [-0.2, 0) is 13.0 Å². The molecule has 0 fully saturated rings. The van der Waals surface area contributed by atoms with Crippen LogP contribution in [0.1, 0.15) is 29.0 Å². The molecular formula is C15H15N3O2. The molecule has 0 aliphatic carbocycles. The lowest BCUT2D eigenvalue weighted by Crippen LogP contribution is -2.23. The first-order chi connectivity index (χ1) is 9.79. The predicted molar refractivity (Wildman–Crippen MR) is 74.4 cm³/mol. The number of fused-ring (bicyclic) bond motifs is 1. The van der Waals surface area contributed by atoms with Crippen molar-refractivity contribution >= 4 is 11.4 Å². The molecular weight excluding hydrogens is 254 g/mol. The molecule has 3 aromatic rings. The lowest BCUT2D eigenvalue weighted by atomic mass is 10.3. The van der Waals surface area contributed by atoms with Crippen molar-refractivity contribution in [3.05, 3.63) is 60.1 Å². The van der Waals surface area contributed by atoms with E-state index in [2.05, 4.69) is 10.3 Å². The minimum absolute atomic E-state index is 0.190. The largest absolute Gasteiger partial charge is 0.467 e. The molecule has 5 nitrogen and oxygen atoms in total. The maximum atomic E-state index is 12.3. The molecule has 3 heterocycles. The number of hydrogen-bond acceptors (Lipinski definition) is 3. The van der Waals surface area contributed by atoms with Gasteiger partial charge in [0.2, 0.25) is 0 Å². The molecule has 102 valence electrons. The molecule has 5 heteroatoms. The van der Waals surface area contributed by atoms with E-state index in [0.29, 0.717) is 12.2 Å². The van der Waals surface area contributed by atoms with Crippen LogP contribution in [0.5, 0.6) is 0 Å². The van der Waals surface area contributed by atoms with Crippen molar-refractivity contribution in [3.8, 4) is 0 Å². The van der Waals surface area contributed by atoms with Crippen LogP contribution in [-0.4, -0.2) is 15.3 Å². The lowest BCUT2D eigenvalue weighted by Gasteiger charge is -2.01. The normalized spacial score (nSPS) is 10.8. The molecule has 0 spiro atoms. The van der Waals surface area contributed by atoms with Crippen LogP contribution >= 0.6 is 0 Å². The molecule has 0 saturated heterocycles. The molecule has 20 heavy (non-hydrogen) atoms. The molecule has 3 rings (SSSR count). The van der Waals surface area contributed by atoms with E-state index in [4.69, 9.17) is 4.42 Å². The summed E-state index contributed by atoms with van der Waals surface area (Å²) in [4.78, 5) is 16.7. The Hall–Kier alpha value is -2.56. The summed E-state index contributed by atoms with van der Waals surface area (Å²) in [6.07, 6.45) is 4.28. The minimum Gasteiger partial charge on any atom is -0.467 e. The van der Waals surface area contributed by atoms with Crippen molar-refractivity contribution in [1.82, 2.24) is 14.7 Å². The van der Waals surface area contributed by atoms with Crippen LogP contribution in [0.4, 0.5) is 0 Å². The van der Waals surface area contributed by atoms with Gasteiger partial charge in [0, 0.05) is 12.6 Å². The number of rotatable bonds is 4. The highest BCUT2D eigenvalue weighted by atomic mass is 16.3. The highest BCUT2D eigenvalue weighted by Gasteiger charge is 2.16. The molecule has 3 aromatic heterocycles. The monoisotopic (exact) mass is 269 g/mol. The van der Waals surface area contributed by atoms with E-state index in [1.165, 1.54) is 0 Å². The van der Waals surface area contributed by atoms with Gasteiger partial charge >= 0.3 is 0 Å². The molecule has 0 atom stereocenters. The third-order valence-electron chi connectivity index (χ3n) is 3.16. The van der Waals surface area contributed by atoms with Gasteiger partial charge in [0.15, 0.2) is 5.69 Å². The van der Waals surface area contributed by atoms with E-state index in [-0.39, 0.29) is 5.91 Å². The first-order valence-corrected chi connectivity index (χ1v) is 6.56. The minimum atomic E-state index is -0.190. The van der Waals surface area contributed by atoms with Gasteiger partial charge in [-0.25, -0.2) is 4.98 Å². The highest BCUT2D eigenvalue weighted by molar-refractivity contribution is 5.99. The Morgan fingerprint density at radius 3 is 3.00 bits per heavy atom. The number of aryl methyl sites for hydroxylation is 1. The van der Waals surface area contributed by atoms with Crippen LogP contribution in [0.3, 0.4) is 0 Å². The average molecular weight is 269 g/mol. The standard InChI is InChI=1S/C15H15N3O2/c1-2-13-17-14(12-7-3-4-8-18(12)13)15(19)16-10-11-6-5-9-20-11/h3-9H,2,10H2,1H3,(H,16,19). The number of carbonyl (C=O) groups is 1. The number of imidazole rings is 1. The lowest BCUT2D eigenvalue weighted by molar-refractivity contribution is 0.0945. The summed E-state index contributed by atoms with van der Waals surface area (Å²) < 4.78 is 7.14. The van der Waals surface area contributed by atoms with Crippen molar-refractivity contribution in [2.75, 3.05) is 0 Å². The fourth-order valence-electron chi connectivity index (χ4n) is 2.18. The van der Waals surface area contributed by atoms with Crippen molar-refractivity contribution < 1.29 is 9.21 Å². The molecule has 0 radical (unpaired) electrons. The summed E-state index contributed by atoms with van der Waals surface area (Å²) in [5, 5.41) is 2.82. The number of carbonyl (C=O) groups excluding carboxylic acids is 1. The van der Waals surface area contributed by atoms with Crippen LogP contribution in [0.25, 0.3) is 5.52 Å². The van der Waals surface area contributed by atoms with Gasteiger partial charge in [-0.1, -0.05) is 13.0 Å². The fourth-order valence-corrected chi connectivity index (χ4v) is 2.18. The number of furan rings is 1. The van der Waals surface area contributed by atoms with Gasteiger partial charge < -0.3 is 14.1 Å². The van der Waals surface area contributed by atoms with E-state index >= 15 is 0 Å². The van der Waals surface area contributed by atoms with Crippen LogP contribution in [0.2, 0.25) is 0 Å². The Bertz CT molecular complexity index is 729. The van der Waals surface area contributed by atoms with Crippen molar-refractivity contribution in [1.29, 1.82) is 0 Å². The number of pyridine rings is 1. The summed E-state index contributed by atoms with van der Waals surface area (Å²) in [7, 11) is 0. The Labute approximate surface area is 116 Å². The maximum absolute atomic E-state index is 12.3. The molecule has 0 unspecified atom stereocenters. The number of aromatic nitrogens is 2. The first kappa shape index (κ1) is 12.5. The van der Waals surface area contributed by atoms with Crippen molar-refractivity contribution in [2.24, 2.45) is 0 Å². The Morgan fingerprint density at radius 1 is 1.35 bits per heavy atom. The van der Waals surface area contributed by atoms with Gasteiger partial charge in [-0.3, -0.25) is 4.79 Å². The van der Waals surface area contributed by atoms with Crippen LogP contribution in [0, 0.1) is 0 Å². The molecule has 0 bridgehead atoms. The van der Waals surface area contributed by atoms with E-state index in [1.807, 2.05) is 41.8 Å². The smallest absolute Gasteiger partial charge is 0.272 e. The summed E-state index contributed by atoms with van der Waals surface area (Å²) in [6.45, 7) is 2.38. The molecule has 1 amide bonds.